The SMILES string of the molecule is COCC(=O)Nc1cc2c(cc1F)CC(=O)C2. The topological polar surface area (TPSA) is 55.4 Å². The van der Waals surface area contributed by atoms with E-state index in [0.29, 0.717) is 12.0 Å². The van der Waals surface area contributed by atoms with Crippen LogP contribution in [0.5, 0.6) is 0 Å². The lowest BCUT2D eigenvalue weighted by molar-refractivity contribution is -0.119. The van der Waals surface area contributed by atoms with Gasteiger partial charge < -0.3 is 10.1 Å². The summed E-state index contributed by atoms with van der Waals surface area (Å²) in [6.45, 7) is -0.130. The Morgan fingerprint density at radius 3 is 2.71 bits per heavy atom. The lowest BCUT2D eigenvalue weighted by atomic mass is 10.1. The third-order valence-electron chi connectivity index (χ3n) is 2.61. The second-order valence-electron chi connectivity index (χ2n) is 3.97. The number of nitrogens with one attached hydrogen (secondary N) is 1. The molecule has 4 nitrogen and oxygen atoms in total. The van der Waals surface area contributed by atoms with Crippen molar-refractivity contribution >= 4 is 17.4 Å². The molecule has 5 heteroatoms. The molecule has 1 aromatic rings. The third-order valence-corrected chi connectivity index (χ3v) is 2.61. The summed E-state index contributed by atoms with van der Waals surface area (Å²) < 4.78 is 18.2. The normalized spacial score (nSPS) is 13.6. The van der Waals surface area contributed by atoms with Gasteiger partial charge in [0.15, 0.2) is 0 Å². The van der Waals surface area contributed by atoms with E-state index in [2.05, 4.69) is 10.1 Å². The van der Waals surface area contributed by atoms with Crippen LogP contribution in [0.15, 0.2) is 12.1 Å². The molecule has 0 heterocycles. The van der Waals surface area contributed by atoms with Crippen LogP contribution in [0, 0.1) is 5.82 Å². The first kappa shape index (κ1) is 11.7. The van der Waals surface area contributed by atoms with Gasteiger partial charge in [0, 0.05) is 20.0 Å². The van der Waals surface area contributed by atoms with Crippen LogP contribution >= 0.6 is 0 Å². The minimum Gasteiger partial charge on any atom is -0.375 e. The Morgan fingerprint density at radius 2 is 2.06 bits per heavy atom. The molecule has 1 N–H and O–H groups in total. The van der Waals surface area contributed by atoms with E-state index in [4.69, 9.17) is 0 Å². The molecule has 17 heavy (non-hydrogen) atoms. The summed E-state index contributed by atoms with van der Waals surface area (Å²) in [6, 6.07) is 2.83. The maximum absolute atomic E-state index is 13.6. The lowest BCUT2D eigenvalue weighted by Gasteiger charge is -2.08. The molecule has 0 spiro atoms. The van der Waals surface area contributed by atoms with Gasteiger partial charge in [-0.25, -0.2) is 4.39 Å². The van der Waals surface area contributed by atoms with Crippen molar-refractivity contribution in [1.29, 1.82) is 0 Å². The van der Waals surface area contributed by atoms with Gasteiger partial charge in [0.2, 0.25) is 5.91 Å². The molecule has 2 rings (SSSR count). The number of anilines is 1. The fourth-order valence-corrected chi connectivity index (χ4v) is 1.89. The van der Waals surface area contributed by atoms with Gasteiger partial charge in [0.1, 0.15) is 18.2 Å². The molecule has 0 aliphatic heterocycles. The molecule has 0 fully saturated rings. The van der Waals surface area contributed by atoms with Crippen LogP contribution in [0.4, 0.5) is 10.1 Å². The number of hydrogen-bond donors (Lipinski definition) is 1. The molecule has 0 unspecified atom stereocenters. The van der Waals surface area contributed by atoms with Gasteiger partial charge in [-0.05, 0) is 23.3 Å². The number of ether oxygens (including phenoxy) is 1. The molecule has 0 bridgehead atoms. The number of carbonyl (C=O) groups excluding carboxylic acids is 2. The van der Waals surface area contributed by atoms with Crippen LogP contribution in [0.1, 0.15) is 11.1 Å². The van der Waals surface area contributed by atoms with Gasteiger partial charge >= 0.3 is 0 Å². The molecular weight excluding hydrogens is 225 g/mol. The van der Waals surface area contributed by atoms with Gasteiger partial charge in [0.25, 0.3) is 0 Å². The summed E-state index contributed by atoms with van der Waals surface area (Å²) in [5.41, 5.74) is 1.59. The molecular formula is C12H12FNO3. The molecule has 1 amide bonds. The summed E-state index contributed by atoms with van der Waals surface area (Å²) in [5.74, 6) is -0.877. The largest absolute Gasteiger partial charge is 0.375 e. The van der Waals surface area contributed by atoms with Gasteiger partial charge in [-0.1, -0.05) is 0 Å². The number of hydrogen-bond acceptors (Lipinski definition) is 3. The van der Waals surface area contributed by atoms with Crippen molar-refractivity contribution in [3.63, 3.8) is 0 Å². The molecule has 0 radical (unpaired) electrons. The van der Waals surface area contributed by atoms with Crippen LogP contribution in [-0.4, -0.2) is 25.4 Å². The summed E-state index contributed by atoms with van der Waals surface area (Å²) in [6.07, 6.45) is 0.585. The number of amides is 1. The van der Waals surface area contributed by atoms with Crippen molar-refractivity contribution in [2.24, 2.45) is 0 Å². The number of ketones is 1. The van der Waals surface area contributed by atoms with Gasteiger partial charge in [-0.3, -0.25) is 9.59 Å². The van der Waals surface area contributed by atoms with Crippen LogP contribution in [-0.2, 0) is 27.2 Å². The molecule has 1 aliphatic carbocycles. The van der Waals surface area contributed by atoms with Gasteiger partial charge in [-0.2, -0.15) is 0 Å². The smallest absolute Gasteiger partial charge is 0.250 e. The first-order valence-corrected chi connectivity index (χ1v) is 5.22. The Kier molecular flexibility index (Phi) is 3.19. The first-order chi connectivity index (χ1) is 8.10. The maximum Gasteiger partial charge on any atom is 0.250 e. The molecule has 0 saturated carbocycles. The zero-order chi connectivity index (χ0) is 12.4. The Morgan fingerprint density at radius 1 is 1.41 bits per heavy atom. The predicted molar refractivity (Wildman–Crippen MR) is 59.3 cm³/mol. The highest BCUT2D eigenvalue weighted by Gasteiger charge is 2.21. The summed E-state index contributed by atoms with van der Waals surface area (Å²) in [4.78, 5) is 22.5. The highest BCUT2D eigenvalue weighted by Crippen LogP contribution is 2.26. The van der Waals surface area contributed by atoms with Gasteiger partial charge in [-0.15, -0.1) is 0 Å². The highest BCUT2D eigenvalue weighted by molar-refractivity contribution is 5.93. The third kappa shape index (κ3) is 2.50. The zero-order valence-corrected chi connectivity index (χ0v) is 9.38. The number of carbonyl (C=O) groups is 2. The molecule has 1 aliphatic rings. The Bertz CT molecular complexity index is 485. The zero-order valence-electron chi connectivity index (χ0n) is 9.38. The molecule has 0 saturated heterocycles. The summed E-state index contributed by atoms with van der Waals surface area (Å²) in [5, 5.41) is 2.41. The fraction of sp³-hybridized carbons (Fsp3) is 0.333. The quantitative estimate of drug-likeness (QED) is 0.855. The Balaban J connectivity index is 2.22. The Labute approximate surface area is 97.8 Å². The van der Waals surface area contributed by atoms with Crippen LogP contribution in [0.25, 0.3) is 0 Å². The van der Waals surface area contributed by atoms with E-state index in [-0.39, 0.29) is 24.5 Å². The van der Waals surface area contributed by atoms with E-state index in [1.807, 2.05) is 0 Å². The lowest BCUT2D eigenvalue weighted by Crippen LogP contribution is -2.18. The minimum absolute atomic E-state index is 0.0692. The van der Waals surface area contributed by atoms with E-state index in [9.17, 15) is 14.0 Å². The van der Waals surface area contributed by atoms with Crippen molar-refractivity contribution < 1.29 is 18.7 Å². The van der Waals surface area contributed by atoms with E-state index in [1.54, 1.807) is 0 Å². The summed E-state index contributed by atoms with van der Waals surface area (Å²) in [7, 11) is 1.39. The molecule has 0 aromatic heterocycles. The first-order valence-electron chi connectivity index (χ1n) is 5.22. The maximum atomic E-state index is 13.6. The van der Waals surface area contributed by atoms with E-state index in [1.165, 1.54) is 19.2 Å². The van der Waals surface area contributed by atoms with Crippen LogP contribution in [0.2, 0.25) is 0 Å². The van der Waals surface area contributed by atoms with Crippen molar-refractivity contribution in [3.8, 4) is 0 Å². The molecule has 0 atom stereocenters. The summed E-state index contributed by atoms with van der Waals surface area (Å²) >= 11 is 0. The number of methoxy groups -OCH3 is 1. The number of halogens is 1. The minimum atomic E-state index is -0.525. The predicted octanol–water partition coefficient (Wildman–Crippen LogP) is 1.08. The van der Waals surface area contributed by atoms with E-state index >= 15 is 0 Å². The second-order valence-corrected chi connectivity index (χ2v) is 3.97. The van der Waals surface area contributed by atoms with Crippen LogP contribution < -0.4 is 5.32 Å². The van der Waals surface area contributed by atoms with Crippen molar-refractivity contribution in [2.45, 2.75) is 12.8 Å². The number of rotatable bonds is 3. The number of benzene rings is 1. The average molecular weight is 237 g/mol. The number of Topliss-reactive ketones (excluding diaryl/α,β-unsaturated/α-hetero) is 1. The van der Waals surface area contributed by atoms with Crippen LogP contribution in [0.3, 0.4) is 0 Å². The highest BCUT2D eigenvalue weighted by atomic mass is 19.1. The van der Waals surface area contributed by atoms with Crippen molar-refractivity contribution in [2.75, 3.05) is 19.0 Å². The second kappa shape index (κ2) is 4.63. The fourth-order valence-electron chi connectivity index (χ4n) is 1.89. The standard InChI is InChI=1S/C12H12FNO3/c1-17-6-12(16)14-11-5-8-3-9(15)2-7(8)4-10(11)13/h4-5H,2-3,6H2,1H3,(H,14,16). The van der Waals surface area contributed by atoms with Gasteiger partial charge in [0.05, 0.1) is 5.69 Å². The van der Waals surface area contributed by atoms with Crippen molar-refractivity contribution in [3.05, 3.63) is 29.1 Å². The number of fused-ring (bicyclic) bond motifs is 1. The van der Waals surface area contributed by atoms with E-state index in [0.717, 1.165) is 5.56 Å². The Hall–Kier alpha value is -1.75. The molecule has 1 aromatic carbocycles. The monoisotopic (exact) mass is 237 g/mol. The molecule has 90 valence electrons. The van der Waals surface area contributed by atoms with Crippen molar-refractivity contribution in [1.82, 2.24) is 0 Å². The van der Waals surface area contributed by atoms with E-state index < -0.39 is 11.7 Å². The average Bonchev–Trinajstić information content (AvgIpc) is 2.58.